The average Bonchev–Trinajstić information content (AvgIpc) is 2.29. The molecule has 0 heterocycles. The summed E-state index contributed by atoms with van der Waals surface area (Å²) in [6.07, 6.45) is 0. The van der Waals surface area contributed by atoms with Crippen molar-refractivity contribution in [2.75, 3.05) is 0 Å². The van der Waals surface area contributed by atoms with E-state index in [1.807, 2.05) is 12.1 Å². The van der Waals surface area contributed by atoms with E-state index in [0.29, 0.717) is 5.92 Å². The fourth-order valence-electron chi connectivity index (χ4n) is 2.01. The molecule has 0 aliphatic rings. The monoisotopic (exact) mass is 209 g/mol. The van der Waals surface area contributed by atoms with Crippen molar-refractivity contribution in [2.24, 2.45) is 5.92 Å². The molecule has 0 fully saturated rings. The third-order valence-corrected chi connectivity index (χ3v) is 2.94. The molecule has 1 heteroatoms. The first-order valence-corrected chi connectivity index (χ1v) is 5.60. The second kappa shape index (κ2) is 4.37. The first kappa shape index (κ1) is 10.7. The van der Waals surface area contributed by atoms with Crippen LogP contribution in [-0.4, -0.2) is 0 Å². The van der Waals surface area contributed by atoms with E-state index >= 15 is 0 Å². The maximum Gasteiger partial charge on any atom is 0.0735 e. The molecule has 0 N–H and O–H groups in total. The van der Waals surface area contributed by atoms with Gasteiger partial charge in [0.15, 0.2) is 0 Å². The van der Waals surface area contributed by atoms with Crippen LogP contribution in [0.15, 0.2) is 42.5 Å². The predicted octanol–water partition coefficient (Wildman–Crippen LogP) is 4.10. The lowest BCUT2D eigenvalue weighted by Gasteiger charge is -2.13. The van der Waals surface area contributed by atoms with Crippen molar-refractivity contribution in [2.45, 2.75) is 19.8 Å². The fraction of sp³-hybridized carbons (Fsp3) is 0.267. The summed E-state index contributed by atoms with van der Waals surface area (Å²) in [6, 6.07) is 16.9. The van der Waals surface area contributed by atoms with E-state index in [2.05, 4.69) is 50.2 Å². The van der Waals surface area contributed by atoms with Crippen LogP contribution >= 0.6 is 0 Å². The van der Waals surface area contributed by atoms with Crippen LogP contribution in [-0.2, 0) is 0 Å². The standard InChI is InChI=1S/C15H15N/c1-11(2)15(10-16)14-8-7-12-5-3-4-6-13(12)9-14/h3-9,11,15H,1-2H3. The summed E-state index contributed by atoms with van der Waals surface area (Å²) < 4.78 is 0. The van der Waals surface area contributed by atoms with Gasteiger partial charge < -0.3 is 0 Å². The molecular weight excluding hydrogens is 194 g/mol. The zero-order chi connectivity index (χ0) is 11.5. The summed E-state index contributed by atoms with van der Waals surface area (Å²) in [6.45, 7) is 4.17. The van der Waals surface area contributed by atoms with Crippen LogP contribution in [0, 0.1) is 17.2 Å². The Morgan fingerprint density at radius 2 is 1.69 bits per heavy atom. The van der Waals surface area contributed by atoms with Gasteiger partial charge in [0.1, 0.15) is 0 Å². The minimum Gasteiger partial charge on any atom is -0.198 e. The summed E-state index contributed by atoms with van der Waals surface area (Å²) in [7, 11) is 0. The van der Waals surface area contributed by atoms with E-state index in [1.165, 1.54) is 10.8 Å². The van der Waals surface area contributed by atoms with Gasteiger partial charge in [-0.3, -0.25) is 0 Å². The Hall–Kier alpha value is -1.81. The molecule has 0 aromatic heterocycles. The predicted molar refractivity (Wildman–Crippen MR) is 67.1 cm³/mol. The molecule has 80 valence electrons. The van der Waals surface area contributed by atoms with Gasteiger partial charge in [-0.1, -0.05) is 50.2 Å². The molecule has 2 rings (SSSR count). The van der Waals surface area contributed by atoms with E-state index in [9.17, 15) is 5.26 Å². The minimum atomic E-state index is -0.00962. The van der Waals surface area contributed by atoms with E-state index in [4.69, 9.17) is 0 Å². The molecule has 1 atom stereocenters. The van der Waals surface area contributed by atoms with Gasteiger partial charge in [-0.05, 0) is 28.3 Å². The molecule has 0 bridgehead atoms. The van der Waals surface area contributed by atoms with E-state index < -0.39 is 0 Å². The average molecular weight is 209 g/mol. The molecule has 0 radical (unpaired) electrons. The Balaban J connectivity index is 2.51. The summed E-state index contributed by atoms with van der Waals surface area (Å²) in [4.78, 5) is 0. The van der Waals surface area contributed by atoms with Crippen LogP contribution in [0.3, 0.4) is 0 Å². The normalized spacial score (nSPS) is 12.6. The van der Waals surface area contributed by atoms with Crippen LogP contribution in [0.2, 0.25) is 0 Å². The fourth-order valence-corrected chi connectivity index (χ4v) is 2.01. The van der Waals surface area contributed by atoms with Gasteiger partial charge in [0.2, 0.25) is 0 Å². The van der Waals surface area contributed by atoms with Crippen LogP contribution in [0.4, 0.5) is 0 Å². The third-order valence-electron chi connectivity index (χ3n) is 2.94. The molecule has 0 amide bonds. The number of fused-ring (bicyclic) bond motifs is 1. The van der Waals surface area contributed by atoms with Crippen molar-refractivity contribution in [3.63, 3.8) is 0 Å². The zero-order valence-electron chi connectivity index (χ0n) is 9.64. The summed E-state index contributed by atoms with van der Waals surface area (Å²) >= 11 is 0. The first-order valence-electron chi connectivity index (χ1n) is 5.60. The Labute approximate surface area is 96.3 Å². The van der Waals surface area contributed by atoms with Gasteiger partial charge >= 0.3 is 0 Å². The third kappa shape index (κ3) is 1.92. The molecule has 0 aliphatic carbocycles. The Morgan fingerprint density at radius 3 is 2.31 bits per heavy atom. The summed E-state index contributed by atoms with van der Waals surface area (Å²) in [5, 5.41) is 11.6. The highest BCUT2D eigenvalue weighted by Crippen LogP contribution is 2.26. The van der Waals surface area contributed by atoms with Crippen molar-refractivity contribution in [1.29, 1.82) is 5.26 Å². The van der Waals surface area contributed by atoms with Crippen molar-refractivity contribution in [3.8, 4) is 6.07 Å². The van der Waals surface area contributed by atoms with Gasteiger partial charge in [0, 0.05) is 0 Å². The quantitative estimate of drug-likeness (QED) is 0.730. The van der Waals surface area contributed by atoms with Crippen LogP contribution in [0.25, 0.3) is 10.8 Å². The number of hydrogen-bond donors (Lipinski definition) is 0. The molecule has 2 aromatic rings. The van der Waals surface area contributed by atoms with Crippen LogP contribution in [0.5, 0.6) is 0 Å². The van der Waals surface area contributed by atoms with Crippen LogP contribution in [0.1, 0.15) is 25.3 Å². The van der Waals surface area contributed by atoms with E-state index in [-0.39, 0.29) is 5.92 Å². The molecule has 0 spiro atoms. The summed E-state index contributed by atoms with van der Waals surface area (Å²) in [5.41, 5.74) is 1.12. The molecule has 1 nitrogen and oxygen atoms in total. The number of nitriles is 1. The molecule has 0 aliphatic heterocycles. The van der Waals surface area contributed by atoms with Crippen molar-refractivity contribution >= 4 is 10.8 Å². The second-order valence-corrected chi connectivity index (χ2v) is 4.46. The van der Waals surface area contributed by atoms with Gasteiger partial charge in [-0.2, -0.15) is 5.26 Å². The Kier molecular flexibility index (Phi) is 2.92. The lowest BCUT2D eigenvalue weighted by molar-refractivity contribution is 0.588. The number of benzene rings is 2. The maximum absolute atomic E-state index is 9.17. The zero-order valence-corrected chi connectivity index (χ0v) is 9.64. The highest BCUT2D eigenvalue weighted by atomic mass is 14.3. The van der Waals surface area contributed by atoms with Crippen molar-refractivity contribution < 1.29 is 0 Å². The minimum absolute atomic E-state index is 0.00962. The number of nitrogens with zero attached hydrogens (tertiary/aromatic N) is 1. The molecule has 1 unspecified atom stereocenters. The second-order valence-electron chi connectivity index (χ2n) is 4.46. The number of rotatable bonds is 2. The molecular formula is C15H15N. The van der Waals surface area contributed by atoms with Gasteiger partial charge in [0.25, 0.3) is 0 Å². The lowest BCUT2D eigenvalue weighted by Crippen LogP contribution is -2.03. The maximum atomic E-state index is 9.17. The largest absolute Gasteiger partial charge is 0.198 e. The molecule has 0 saturated carbocycles. The molecule has 16 heavy (non-hydrogen) atoms. The van der Waals surface area contributed by atoms with Crippen molar-refractivity contribution in [3.05, 3.63) is 48.0 Å². The topological polar surface area (TPSA) is 23.8 Å². The Morgan fingerprint density at radius 1 is 1.00 bits per heavy atom. The highest BCUT2D eigenvalue weighted by molar-refractivity contribution is 5.83. The SMILES string of the molecule is CC(C)C(C#N)c1ccc2ccccc2c1. The van der Waals surface area contributed by atoms with Crippen molar-refractivity contribution in [1.82, 2.24) is 0 Å². The highest BCUT2D eigenvalue weighted by Gasteiger charge is 2.14. The molecule has 0 saturated heterocycles. The first-order chi connectivity index (χ1) is 7.72. The van der Waals surface area contributed by atoms with Gasteiger partial charge in [-0.25, -0.2) is 0 Å². The van der Waals surface area contributed by atoms with E-state index in [0.717, 1.165) is 5.56 Å². The lowest BCUT2D eigenvalue weighted by atomic mass is 9.89. The Bertz CT molecular complexity index is 534. The van der Waals surface area contributed by atoms with Gasteiger partial charge in [0.05, 0.1) is 12.0 Å². The molecule has 2 aromatic carbocycles. The van der Waals surface area contributed by atoms with Crippen LogP contribution < -0.4 is 0 Å². The number of hydrogen-bond acceptors (Lipinski definition) is 1. The smallest absolute Gasteiger partial charge is 0.0735 e. The summed E-state index contributed by atoms with van der Waals surface area (Å²) in [5.74, 6) is 0.343. The van der Waals surface area contributed by atoms with E-state index in [1.54, 1.807) is 0 Å². The van der Waals surface area contributed by atoms with Gasteiger partial charge in [-0.15, -0.1) is 0 Å².